The van der Waals surface area contributed by atoms with Crippen molar-refractivity contribution in [2.24, 2.45) is 0 Å². The molecule has 146 valence electrons. The molecular formula is C23H19FN2O3. The number of hydrogen-bond donors (Lipinski definition) is 1. The van der Waals surface area contributed by atoms with E-state index in [1.165, 1.54) is 6.07 Å². The largest absolute Gasteiger partial charge is 0.492 e. The third-order valence-electron chi connectivity index (χ3n) is 4.65. The van der Waals surface area contributed by atoms with Gasteiger partial charge in [-0.1, -0.05) is 42.5 Å². The minimum absolute atomic E-state index is 0.130. The molecule has 0 aliphatic carbocycles. The molecule has 0 amide bonds. The highest BCUT2D eigenvalue weighted by atomic mass is 19.1. The number of benzene rings is 2. The Morgan fingerprint density at radius 2 is 1.97 bits per heavy atom. The number of rotatable bonds is 7. The molecule has 0 aliphatic rings. The molecule has 5 nitrogen and oxygen atoms in total. The van der Waals surface area contributed by atoms with Crippen LogP contribution in [0.1, 0.15) is 5.56 Å². The topological polar surface area (TPSA) is 64.3 Å². The van der Waals surface area contributed by atoms with Crippen LogP contribution in [0.2, 0.25) is 0 Å². The van der Waals surface area contributed by atoms with E-state index in [4.69, 9.17) is 9.84 Å². The Morgan fingerprint density at radius 3 is 2.79 bits per heavy atom. The van der Waals surface area contributed by atoms with Crippen LogP contribution in [-0.2, 0) is 17.8 Å². The average molecular weight is 390 g/mol. The van der Waals surface area contributed by atoms with E-state index >= 15 is 0 Å². The third-order valence-corrected chi connectivity index (χ3v) is 4.65. The Balaban J connectivity index is 1.42. The van der Waals surface area contributed by atoms with Crippen LogP contribution in [0.4, 0.5) is 4.39 Å². The fourth-order valence-corrected chi connectivity index (χ4v) is 3.29. The quantitative estimate of drug-likeness (QED) is 0.503. The lowest BCUT2D eigenvalue weighted by atomic mass is 10.0. The molecule has 1 N–H and O–H groups in total. The number of hydrogen-bond acceptors (Lipinski definition) is 3. The van der Waals surface area contributed by atoms with Gasteiger partial charge >= 0.3 is 5.97 Å². The van der Waals surface area contributed by atoms with Crippen molar-refractivity contribution in [3.8, 4) is 16.9 Å². The van der Waals surface area contributed by atoms with Gasteiger partial charge < -0.3 is 14.4 Å². The van der Waals surface area contributed by atoms with E-state index in [1.807, 2.05) is 42.5 Å². The van der Waals surface area contributed by atoms with Crippen LogP contribution in [0.15, 0.2) is 73.1 Å². The van der Waals surface area contributed by atoms with Crippen molar-refractivity contribution in [3.63, 3.8) is 0 Å². The second-order valence-corrected chi connectivity index (χ2v) is 6.70. The van der Waals surface area contributed by atoms with Gasteiger partial charge in [0.1, 0.15) is 23.8 Å². The maximum Gasteiger partial charge on any atom is 0.323 e. The van der Waals surface area contributed by atoms with E-state index in [0.717, 1.165) is 16.5 Å². The Bertz CT molecular complexity index is 1170. The zero-order valence-electron chi connectivity index (χ0n) is 15.6. The van der Waals surface area contributed by atoms with Gasteiger partial charge in [-0.2, -0.15) is 0 Å². The number of carbonyl (C=O) groups is 1. The zero-order chi connectivity index (χ0) is 20.2. The van der Waals surface area contributed by atoms with Crippen LogP contribution < -0.4 is 4.74 Å². The van der Waals surface area contributed by atoms with Gasteiger partial charge in [0.15, 0.2) is 0 Å². The van der Waals surface area contributed by atoms with E-state index < -0.39 is 5.97 Å². The fourth-order valence-electron chi connectivity index (χ4n) is 3.29. The number of fused-ring (bicyclic) bond motifs is 1. The lowest BCUT2D eigenvalue weighted by molar-refractivity contribution is -0.137. The summed E-state index contributed by atoms with van der Waals surface area (Å²) < 4.78 is 21.4. The van der Waals surface area contributed by atoms with Gasteiger partial charge in [-0.3, -0.25) is 4.79 Å². The molecule has 0 spiro atoms. The Labute approximate surface area is 167 Å². The SMILES string of the molecule is O=C(O)Cn1ccc2cc(OCCc3cccc(-c4ccccc4F)c3)cnc21. The average Bonchev–Trinajstić information content (AvgIpc) is 3.10. The summed E-state index contributed by atoms with van der Waals surface area (Å²) in [5.41, 5.74) is 3.07. The van der Waals surface area contributed by atoms with Crippen LogP contribution in [0.3, 0.4) is 0 Å². The minimum Gasteiger partial charge on any atom is -0.492 e. The van der Waals surface area contributed by atoms with E-state index in [2.05, 4.69) is 4.98 Å². The second kappa shape index (κ2) is 8.14. The maximum atomic E-state index is 14.0. The summed E-state index contributed by atoms with van der Waals surface area (Å²) in [7, 11) is 0. The van der Waals surface area contributed by atoms with Gasteiger partial charge in [0.2, 0.25) is 0 Å². The molecule has 2 heterocycles. The van der Waals surface area contributed by atoms with Gasteiger partial charge in [0.05, 0.1) is 12.8 Å². The number of aliphatic carboxylic acids is 1. The van der Waals surface area contributed by atoms with Crippen molar-refractivity contribution in [1.82, 2.24) is 9.55 Å². The smallest absolute Gasteiger partial charge is 0.323 e. The first kappa shape index (κ1) is 18.7. The molecule has 4 rings (SSSR count). The van der Waals surface area contributed by atoms with Crippen molar-refractivity contribution >= 4 is 17.0 Å². The lowest BCUT2D eigenvalue weighted by Crippen LogP contribution is -2.08. The summed E-state index contributed by atoms with van der Waals surface area (Å²) >= 11 is 0. The van der Waals surface area contributed by atoms with Crippen molar-refractivity contribution in [2.75, 3.05) is 6.61 Å². The summed E-state index contributed by atoms with van der Waals surface area (Å²) in [6.07, 6.45) is 3.96. The highest BCUT2D eigenvalue weighted by Crippen LogP contribution is 2.24. The number of ether oxygens (including phenoxy) is 1. The Hall–Kier alpha value is -3.67. The van der Waals surface area contributed by atoms with Crippen LogP contribution in [0, 0.1) is 5.82 Å². The van der Waals surface area contributed by atoms with Crippen LogP contribution in [0.25, 0.3) is 22.2 Å². The number of carboxylic acid groups (broad SMARTS) is 1. The highest BCUT2D eigenvalue weighted by molar-refractivity contribution is 5.79. The van der Waals surface area contributed by atoms with Crippen LogP contribution >= 0.6 is 0 Å². The normalized spacial score (nSPS) is 10.9. The predicted molar refractivity (Wildman–Crippen MR) is 108 cm³/mol. The van der Waals surface area contributed by atoms with Crippen molar-refractivity contribution in [2.45, 2.75) is 13.0 Å². The molecular weight excluding hydrogens is 371 g/mol. The van der Waals surface area contributed by atoms with Crippen molar-refractivity contribution < 1.29 is 19.0 Å². The fraction of sp³-hybridized carbons (Fsp3) is 0.130. The van der Waals surface area contributed by atoms with Crippen molar-refractivity contribution in [3.05, 3.63) is 84.4 Å². The van der Waals surface area contributed by atoms with E-state index in [-0.39, 0.29) is 12.4 Å². The summed E-state index contributed by atoms with van der Waals surface area (Å²) in [5.74, 6) is -0.534. The monoisotopic (exact) mass is 390 g/mol. The third kappa shape index (κ3) is 4.27. The summed E-state index contributed by atoms with van der Waals surface area (Å²) in [6.45, 7) is 0.318. The number of pyridine rings is 1. The summed E-state index contributed by atoms with van der Waals surface area (Å²) in [6, 6.07) is 18.1. The molecule has 0 fully saturated rings. The van der Waals surface area contributed by atoms with Gasteiger partial charge in [-0.05, 0) is 29.3 Å². The molecule has 0 radical (unpaired) electrons. The minimum atomic E-state index is -0.915. The molecule has 0 bridgehead atoms. The highest BCUT2D eigenvalue weighted by Gasteiger charge is 2.08. The molecule has 0 saturated carbocycles. The molecule has 0 atom stereocenters. The van der Waals surface area contributed by atoms with Gasteiger partial charge in [-0.25, -0.2) is 9.37 Å². The van der Waals surface area contributed by atoms with E-state index in [0.29, 0.717) is 30.0 Å². The molecule has 2 aromatic heterocycles. The summed E-state index contributed by atoms with van der Waals surface area (Å²) in [5, 5.41) is 9.76. The first-order valence-electron chi connectivity index (χ1n) is 9.23. The predicted octanol–water partition coefficient (Wildman–Crippen LogP) is 4.55. The first-order valence-corrected chi connectivity index (χ1v) is 9.23. The first-order chi connectivity index (χ1) is 14.1. The van der Waals surface area contributed by atoms with Gasteiger partial charge in [0.25, 0.3) is 0 Å². The van der Waals surface area contributed by atoms with Crippen LogP contribution in [-0.4, -0.2) is 27.2 Å². The molecule has 0 aliphatic heterocycles. The number of nitrogens with zero attached hydrogens (tertiary/aromatic N) is 2. The lowest BCUT2D eigenvalue weighted by Gasteiger charge is -2.09. The second-order valence-electron chi connectivity index (χ2n) is 6.70. The number of halogens is 1. The molecule has 29 heavy (non-hydrogen) atoms. The Morgan fingerprint density at radius 1 is 1.10 bits per heavy atom. The zero-order valence-corrected chi connectivity index (χ0v) is 15.6. The Kier molecular flexibility index (Phi) is 5.24. The standard InChI is InChI=1S/C23H19FN2O3/c24-21-7-2-1-6-20(21)17-5-3-4-16(12-17)9-11-29-19-13-18-8-10-26(15-22(27)28)23(18)25-14-19/h1-8,10,12-14H,9,11,15H2,(H,27,28). The van der Waals surface area contributed by atoms with E-state index in [1.54, 1.807) is 29.1 Å². The molecule has 4 aromatic rings. The number of aromatic nitrogens is 2. The van der Waals surface area contributed by atoms with Gasteiger partial charge in [0, 0.05) is 23.6 Å². The number of carboxylic acids is 1. The van der Waals surface area contributed by atoms with E-state index in [9.17, 15) is 9.18 Å². The molecule has 6 heteroatoms. The van der Waals surface area contributed by atoms with Gasteiger partial charge in [-0.15, -0.1) is 0 Å². The van der Waals surface area contributed by atoms with Crippen LogP contribution in [0.5, 0.6) is 5.75 Å². The molecule has 0 unspecified atom stereocenters. The summed E-state index contributed by atoms with van der Waals surface area (Å²) in [4.78, 5) is 15.2. The molecule has 0 saturated heterocycles. The van der Waals surface area contributed by atoms with Crippen molar-refractivity contribution in [1.29, 1.82) is 0 Å². The maximum absolute atomic E-state index is 14.0. The molecule has 2 aromatic carbocycles.